The number of aromatic nitrogens is 2. The molecule has 4 heteroatoms. The summed E-state index contributed by atoms with van der Waals surface area (Å²) in [6.07, 6.45) is 5.13. The molecule has 1 heterocycles. The van der Waals surface area contributed by atoms with Gasteiger partial charge in [0.2, 0.25) is 0 Å². The largest absolute Gasteiger partial charge is 0.383 e. The van der Waals surface area contributed by atoms with E-state index in [-0.39, 0.29) is 0 Å². The van der Waals surface area contributed by atoms with Crippen molar-refractivity contribution in [1.29, 1.82) is 0 Å². The van der Waals surface area contributed by atoms with Crippen molar-refractivity contribution < 1.29 is 4.74 Å². The van der Waals surface area contributed by atoms with Gasteiger partial charge in [0.1, 0.15) is 5.82 Å². The summed E-state index contributed by atoms with van der Waals surface area (Å²) in [4.78, 5) is 9.43. The molecule has 0 radical (unpaired) electrons. The molecule has 4 nitrogen and oxygen atoms in total. The van der Waals surface area contributed by atoms with Crippen LogP contribution in [-0.2, 0) is 11.3 Å². The Balaban J connectivity index is 1.97. The summed E-state index contributed by atoms with van der Waals surface area (Å²) in [5, 5.41) is 3.35. The third kappa shape index (κ3) is 4.25. The molecule has 2 atom stereocenters. The molecule has 2 unspecified atom stereocenters. The van der Waals surface area contributed by atoms with Crippen LogP contribution in [0, 0.1) is 12.8 Å². The second kappa shape index (κ2) is 7.70. The van der Waals surface area contributed by atoms with E-state index in [4.69, 9.17) is 9.72 Å². The summed E-state index contributed by atoms with van der Waals surface area (Å²) in [5.74, 6) is 2.49. The van der Waals surface area contributed by atoms with Crippen LogP contribution in [0.4, 0.5) is 0 Å². The van der Waals surface area contributed by atoms with Crippen LogP contribution in [0.1, 0.15) is 55.7 Å². The summed E-state index contributed by atoms with van der Waals surface area (Å²) in [6.45, 7) is 6.74. The van der Waals surface area contributed by atoms with E-state index in [2.05, 4.69) is 30.2 Å². The lowest BCUT2D eigenvalue weighted by Gasteiger charge is -2.12. The lowest BCUT2D eigenvalue weighted by molar-refractivity contribution is 0.199. The number of rotatable bonds is 7. The first kappa shape index (κ1) is 15.4. The van der Waals surface area contributed by atoms with Crippen LogP contribution in [0.2, 0.25) is 0 Å². The molecule has 1 aromatic rings. The highest BCUT2D eigenvalue weighted by molar-refractivity contribution is 5.13. The predicted octanol–water partition coefficient (Wildman–Crippen LogP) is 2.81. The molecule has 0 bridgehead atoms. The van der Waals surface area contributed by atoms with Gasteiger partial charge in [-0.25, -0.2) is 9.97 Å². The van der Waals surface area contributed by atoms with E-state index in [1.165, 1.54) is 25.7 Å². The lowest BCUT2D eigenvalue weighted by Crippen LogP contribution is -2.20. The van der Waals surface area contributed by atoms with Gasteiger partial charge in [0.25, 0.3) is 0 Å². The minimum Gasteiger partial charge on any atom is -0.383 e. The second-order valence-corrected chi connectivity index (χ2v) is 5.81. The Labute approximate surface area is 122 Å². The highest BCUT2D eigenvalue weighted by Gasteiger charge is 2.26. The van der Waals surface area contributed by atoms with Gasteiger partial charge < -0.3 is 10.1 Å². The Bertz CT molecular complexity index is 422. The molecular formula is C16H27N3O. The lowest BCUT2D eigenvalue weighted by atomic mass is 10.0. The minimum atomic E-state index is 0.567. The predicted molar refractivity (Wildman–Crippen MR) is 80.7 cm³/mol. The number of hydrogen-bond donors (Lipinski definition) is 1. The zero-order valence-electron chi connectivity index (χ0n) is 13.0. The normalized spacial score (nSPS) is 22.4. The van der Waals surface area contributed by atoms with Gasteiger partial charge in [0.15, 0.2) is 0 Å². The maximum atomic E-state index is 5.04. The molecule has 1 aliphatic carbocycles. The number of nitrogens with zero attached hydrogens (tertiary/aromatic N) is 2. The van der Waals surface area contributed by atoms with Crippen molar-refractivity contribution in [2.75, 3.05) is 20.3 Å². The maximum Gasteiger partial charge on any atom is 0.131 e. The molecule has 1 aliphatic rings. The van der Waals surface area contributed by atoms with Crippen molar-refractivity contribution in [2.24, 2.45) is 5.92 Å². The Morgan fingerprint density at radius 3 is 2.90 bits per heavy atom. The number of nitrogens with one attached hydrogen (secondary N) is 1. The van der Waals surface area contributed by atoms with Gasteiger partial charge in [-0.2, -0.15) is 0 Å². The smallest absolute Gasteiger partial charge is 0.131 e. The van der Waals surface area contributed by atoms with Crippen LogP contribution in [0.25, 0.3) is 0 Å². The summed E-state index contributed by atoms with van der Waals surface area (Å²) >= 11 is 0. The molecule has 0 saturated heterocycles. The van der Waals surface area contributed by atoms with Crippen molar-refractivity contribution >= 4 is 0 Å². The zero-order valence-corrected chi connectivity index (χ0v) is 13.0. The van der Waals surface area contributed by atoms with Gasteiger partial charge in [-0.3, -0.25) is 0 Å². The highest BCUT2D eigenvalue weighted by Crippen LogP contribution is 2.38. The third-order valence-corrected chi connectivity index (χ3v) is 4.20. The molecule has 1 fully saturated rings. The summed E-state index contributed by atoms with van der Waals surface area (Å²) in [6, 6.07) is 2.08. The average Bonchev–Trinajstić information content (AvgIpc) is 2.92. The molecule has 1 N–H and O–H groups in total. The first-order valence-corrected chi connectivity index (χ1v) is 7.77. The fourth-order valence-electron chi connectivity index (χ4n) is 3.00. The molecule has 0 aliphatic heterocycles. The van der Waals surface area contributed by atoms with E-state index in [0.29, 0.717) is 5.92 Å². The van der Waals surface area contributed by atoms with Crippen LogP contribution in [-0.4, -0.2) is 30.2 Å². The first-order chi connectivity index (χ1) is 9.72. The Kier molecular flexibility index (Phi) is 5.92. The molecule has 20 heavy (non-hydrogen) atoms. The number of methoxy groups -OCH3 is 1. The van der Waals surface area contributed by atoms with Gasteiger partial charge in [-0.05, 0) is 38.2 Å². The van der Waals surface area contributed by atoms with Crippen LogP contribution in [0.5, 0.6) is 0 Å². The summed E-state index contributed by atoms with van der Waals surface area (Å²) < 4.78 is 5.04. The van der Waals surface area contributed by atoms with E-state index in [1.54, 1.807) is 7.11 Å². The van der Waals surface area contributed by atoms with Gasteiger partial charge >= 0.3 is 0 Å². The standard InChI is InChI=1S/C16H27N3O/c1-4-13-5-6-14(10-13)16-18-12(2)9-15(19-16)11-17-7-8-20-3/h9,13-14,17H,4-8,10-11H2,1-3H3. The highest BCUT2D eigenvalue weighted by atomic mass is 16.5. The Morgan fingerprint density at radius 2 is 2.20 bits per heavy atom. The van der Waals surface area contributed by atoms with Crippen molar-refractivity contribution in [3.63, 3.8) is 0 Å². The second-order valence-electron chi connectivity index (χ2n) is 5.81. The fourth-order valence-corrected chi connectivity index (χ4v) is 3.00. The van der Waals surface area contributed by atoms with Gasteiger partial charge in [-0.15, -0.1) is 0 Å². The van der Waals surface area contributed by atoms with Crippen LogP contribution in [0.3, 0.4) is 0 Å². The fraction of sp³-hybridized carbons (Fsp3) is 0.750. The molecular weight excluding hydrogens is 250 g/mol. The molecule has 0 aromatic carbocycles. The molecule has 0 amide bonds. The van der Waals surface area contributed by atoms with E-state index in [9.17, 15) is 0 Å². The quantitative estimate of drug-likeness (QED) is 0.779. The molecule has 2 rings (SSSR count). The van der Waals surface area contributed by atoms with E-state index < -0.39 is 0 Å². The van der Waals surface area contributed by atoms with E-state index in [0.717, 1.165) is 42.8 Å². The topological polar surface area (TPSA) is 47.0 Å². The van der Waals surface area contributed by atoms with Crippen molar-refractivity contribution in [1.82, 2.24) is 15.3 Å². The van der Waals surface area contributed by atoms with Gasteiger partial charge in [0, 0.05) is 31.8 Å². The third-order valence-electron chi connectivity index (χ3n) is 4.20. The SMILES string of the molecule is CCC1CCC(c2nc(C)cc(CNCCOC)n2)C1. The molecule has 1 saturated carbocycles. The number of aryl methyl sites for hydroxylation is 1. The van der Waals surface area contributed by atoms with Crippen LogP contribution < -0.4 is 5.32 Å². The van der Waals surface area contributed by atoms with Crippen molar-refractivity contribution in [3.05, 3.63) is 23.3 Å². The van der Waals surface area contributed by atoms with Crippen LogP contribution >= 0.6 is 0 Å². The van der Waals surface area contributed by atoms with Crippen LogP contribution in [0.15, 0.2) is 6.07 Å². The Hall–Kier alpha value is -1.00. The number of ether oxygens (including phenoxy) is 1. The minimum absolute atomic E-state index is 0.567. The molecule has 112 valence electrons. The molecule has 0 spiro atoms. The average molecular weight is 277 g/mol. The Morgan fingerprint density at radius 1 is 1.35 bits per heavy atom. The van der Waals surface area contributed by atoms with E-state index >= 15 is 0 Å². The number of hydrogen-bond acceptors (Lipinski definition) is 4. The zero-order chi connectivity index (χ0) is 14.4. The summed E-state index contributed by atoms with van der Waals surface area (Å²) in [7, 11) is 1.72. The first-order valence-electron chi connectivity index (χ1n) is 7.77. The van der Waals surface area contributed by atoms with Gasteiger partial charge in [-0.1, -0.05) is 13.3 Å². The van der Waals surface area contributed by atoms with Crippen molar-refractivity contribution in [2.45, 2.75) is 52.0 Å². The van der Waals surface area contributed by atoms with E-state index in [1.807, 2.05) is 0 Å². The maximum absolute atomic E-state index is 5.04. The molecule has 1 aromatic heterocycles. The van der Waals surface area contributed by atoms with Gasteiger partial charge in [0.05, 0.1) is 12.3 Å². The monoisotopic (exact) mass is 277 g/mol. The summed E-state index contributed by atoms with van der Waals surface area (Å²) in [5.41, 5.74) is 2.18. The van der Waals surface area contributed by atoms with Crippen molar-refractivity contribution in [3.8, 4) is 0 Å².